The van der Waals surface area contributed by atoms with E-state index in [2.05, 4.69) is 10.3 Å². The fourth-order valence-electron chi connectivity index (χ4n) is 3.31. The van der Waals surface area contributed by atoms with Crippen LogP contribution in [-0.2, 0) is 22.0 Å². The smallest absolute Gasteiger partial charge is 0.293 e. The molecular weight excluding hydrogens is 408 g/mol. The van der Waals surface area contributed by atoms with Gasteiger partial charge in [0.15, 0.2) is 0 Å². The van der Waals surface area contributed by atoms with E-state index in [9.17, 15) is 18.5 Å². The molecule has 1 aliphatic rings. The van der Waals surface area contributed by atoms with E-state index in [1.807, 2.05) is 20.8 Å². The second-order valence-electron chi connectivity index (χ2n) is 8.48. The molecule has 0 unspecified atom stereocenters. The van der Waals surface area contributed by atoms with Crippen molar-refractivity contribution in [2.75, 3.05) is 18.4 Å². The monoisotopic (exact) mass is 436 g/mol. The maximum atomic E-state index is 13.0. The first-order valence-corrected chi connectivity index (χ1v) is 11.5. The number of benzene rings is 1. The molecule has 1 aromatic carbocycles. The third kappa shape index (κ3) is 4.99. The van der Waals surface area contributed by atoms with Gasteiger partial charge in [0.2, 0.25) is 15.9 Å². The molecule has 30 heavy (non-hydrogen) atoms. The molecule has 0 saturated carbocycles. The number of sulfonamides is 1. The average Bonchev–Trinajstić information content (AvgIpc) is 2.99. The highest BCUT2D eigenvalue weighted by Crippen LogP contribution is 2.30. The molecule has 1 aromatic heterocycles. The molecular formula is C20H28N4O5S. The average molecular weight is 437 g/mol. The Bertz CT molecular complexity index is 1000. The predicted molar refractivity (Wildman–Crippen MR) is 113 cm³/mol. The minimum absolute atomic E-state index is 0.0622. The predicted octanol–water partition coefficient (Wildman–Crippen LogP) is 4.06. The molecule has 164 valence electrons. The quantitative estimate of drug-likeness (QED) is 0.536. The van der Waals surface area contributed by atoms with Gasteiger partial charge in [-0.15, -0.1) is 0 Å². The lowest BCUT2D eigenvalue weighted by molar-refractivity contribution is -0.384. The molecule has 0 amide bonds. The van der Waals surface area contributed by atoms with Crippen LogP contribution in [0.1, 0.15) is 58.1 Å². The standard InChI is InChI=1S/C20H28N4O5S/c1-20(2,3)18-13-22-19(29-18)14-21-16-9-8-15(12-17(16)24(25)26)30(27,28)23-10-6-4-5-7-11-23/h8-9,12-13,21H,4-7,10-11,14H2,1-3H3. The number of hydrogen-bond donors (Lipinski definition) is 1. The first-order chi connectivity index (χ1) is 14.1. The summed E-state index contributed by atoms with van der Waals surface area (Å²) >= 11 is 0. The molecule has 0 aliphatic carbocycles. The number of aromatic nitrogens is 1. The van der Waals surface area contributed by atoms with Gasteiger partial charge in [0.1, 0.15) is 11.4 Å². The molecule has 0 atom stereocenters. The molecule has 1 fully saturated rings. The summed E-state index contributed by atoms with van der Waals surface area (Å²) in [6.07, 6.45) is 5.23. The minimum Gasteiger partial charge on any atom is -0.443 e. The van der Waals surface area contributed by atoms with E-state index < -0.39 is 14.9 Å². The van der Waals surface area contributed by atoms with E-state index in [-0.39, 0.29) is 28.2 Å². The van der Waals surface area contributed by atoms with Gasteiger partial charge in [-0.2, -0.15) is 4.31 Å². The Kier molecular flexibility index (Phi) is 6.47. The van der Waals surface area contributed by atoms with E-state index in [1.54, 1.807) is 6.20 Å². The summed E-state index contributed by atoms with van der Waals surface area (Å²) in [6.45, 7) is 7.03. The van der Waals surface area contributed by atoms with E-state index in [0.29, 0.717) is 24.7 Å². The molecule has 0 bridgehead atoms. The lowest BCUT2D eigenvalue weighted by atomic mass is 9.94. The van der Waals surface area contributed by atoms with E-state index in [0.717, 1.165) is 31.7 Å². The first-order valence-electron chi connectivity index (χ1n) is 10.1. The minimum atomic E-state index is -3.77. The van der Waals surface area contributed by atoms with Crippen LogP contribution in [0.2, 0.25) is 0 Å². The van der Waals surface area contributed by atoms with Crippen molar-refractivity contribution >= 4 is 21.4 Å². The molecule has 2 heterocycles. The summed E-state index contributed by atoms with van der Waals surface area (Å²) in [6, 6.07) is 3.96. The maximum absolute atomic E-state index is 13.0. The van der Waals surface area contributed by atoms with E-state index in [4.69, 9.17) is 4.42 Å². The van der Waals surface area contributed by atoms with Gasteiger partial charge in [-0.25, -0.2) is 13.4 Å². The van der Waals surface area contributed by atoms with Gasteiger partial charge in [-0.3, -0.25) is 10.1 Å². The highest BCUT2D eigenvalue weighted by Gasteiger charge is 2.28. The summed E-state index contributed by atoms with van der Waals surface area (Å²) in [5.41, 5.74) is -0.278. The topological polar surface area (TPSA) is 119 Å². The van der Waals surface area contributed by atoms with Crippen LogP contribution in [0.15, 0.2) is 33.7 Å². The third-order valence-electron chi connectivity index (χ3n) is 5.09. The largest absolute Gasteiger partial charge is 0.443 e. The van der Waals surface area contributed by atoms with Crippen molar-refractivity contribution in [3.63, 3.8) is 0 Å². The van der Waals surface area contributed by atoms with Crippen LogP contribution in [0.3, 0.4) is 0 Å². The summed E-state index contributed by atoms with van der Waals surface area (Å²) in [5, 5.41) is 14.5. The highest BCUT2D eigenvalue weighted by molar-refractivity contribution is 7.89. The molecule has 1 aliphatic heterocycles. The number of nitrogens with zero attached hydrogens (tertiary/aromatic N) is 3. The number of hydrogen-bond acceptors (Lipinski definition) is 7. The van der Waals surface area contributed by atoms with Crippen molar-refractivity contribution in [3.8, 4) is 0 Å². The summed E-state index contributed by atoms with van der Waals surface area (Å²) < 4.78 is 33.0. The van der Waals surface area contributed by atoms with E-state index >= 15 is 0 Å². The number of nitro groups is 1. The summed E-state index contributed by atoms with van der Waals surface area (Å²) in [5.74, 6) is 1.11. The summed E-state index contributed by atoms with van der Waals surface area (Å²) in [7, 11) is -3.77. The van der Waals surface area contributed by atoms with Gasteiger partial charge in [0.05, 0.1) is 22.6 Å². The highest BCUT2D eigenvalue weighted by atomic mass is 32.2. The Morgan fingerprint density at radius 1 is 1.20 bits per heavy atom. The number of nitrogens with one attached hydrogen (secondary N) is 1. The number of nitro benzene ring substituents is 1. The van der Waals surface area contributed by atoms with Crippen LogP contribution in [0.5, 0.6) is 0 Å². The Morgan fingerprint density at radius 3 is 2.43 bits per heavy atom. The van der Waals surface area contributed by atoms with Gasteiger partial charge in [0.25, 0.3) is 5.69 Å². The molecule has 3 rings (SSSR count). The Hall–Kier alpha value is -2.46. The molecule has 1 saturated heterocycles. The van der Waals surface area contributed by atoms with Gasteiger partial charge >= 0.3 is 0 Å². The zero-order valence-corrected chi connectivity index (χ0v) is 18.4. The fraction of sp³-hybridized carbons (Fsp3) is 0.550. The van der Waals surface area contributed by atoms with Crippen LogP contribution in [0.25, 0.3) is 0 Å². The Labute approximate surface area is 176 Å². The van der Waals surface area contributed by atoms with Gasteiger partial charge < -0.3 is 9.73 Å². The zero-order valence-electron chi connectivity index (χ0n) is 17.6. The van der Waals surface area contributed by atoms with Gasteiger partial charge in [-0.05, 0) is 25.0 Å². The lowest BCUT2D eigenvalue weighted by Gasteiger charge is -2.20. The van der Waals surface area contributed by atoms with Crippen molar-refractivity contribution in [2.24, 2.45) is 0 Å². The van der Waals surface area contributed by atoms with Crippen molar-refractivity contribution < 1.29 is 17.8 Å². The normalized spacial score (nSPS) is 16.2. The van der Waals surface area contributed by atoms with Crippen LogP contribution < -0.4 is 5.32 Å². The number of rotatable bonds is 6. The first kappa shape index (κ1) is 22.2. The van der Waals surface area contributed by atoms with Crippen LogP contribution in [0, 0.1) is 10.1 Å². The molecule has 1 N–H and O–H groups in total. The van der Waals surface area contributed by atoms with Gasteiger partial charge in [-0.1, -0.05) is 33.6 Å². The van der Waals surface area contributed by atoms with Crippen LogP contribution >= 0.6 is 0 Å². The molecule has 0 spiro atoms. The third-order valence-corrected chi connectivity index (χ3v) is 6.99. The van der Waals surface area contributed by atoms with E-state index in [1.165, 1.54) is 16.4 Å². The number of oxazole rings is 1. The Morgan fingerprint density at radius 2 is 1.87 bits per heavy atom. The lowest BCUT2D eigenvalue weighted by Crippen LogP contribution is -2.32. The number of anilines is 1. The molecule has 9 nitrogen and oxygen atoms in total. The maximum Gasteiger partial charge on any atom is 0.293 e. The van der Waals surface area contributed by atoms with Crippen LogP contribution in [-0.4, -0.2) is 35.7 Å². The Balaban J connectivity index is 1.81. The molecule has 10 heteroatoms. The van der Waals surface area contributed by atoms with Crippen LogP contribution in [0.4, 0.5) is 11.4 Å². The summed E-state index contributed by atoms with van der Waals surface area (Å²) in [4.78, 5) is 15.1. The van der Waals surface area contributed by atoms with Crippen molar-refractivity contribution in [1.82, 2.24) is 9.29 Å². The van der Waals surface area contributed by atoms with Crippen molar-refractivity contribution in [2.45, 2.75) is 63.3 Å². The SMILES string of the molecule is CC(C)(C)c1cnc(CNc2ccc(S(=O)(=O)N3CCCCCC3)cc2[N+](=O)[O-])o1. The molecule has 2 aromatic rings. The van der Waals surface area contributed by atoms with Gasteiger partial charge in [0, 0.05) is 24.6 Å². The van der Waals surface area contributed by atoms with Crippen molar-refractivity contribution in [1.29, 1.82) is 0 Å². The van der Waals surface area contributed by atoms with Crippen molar-refractivity contribution in [3.05, 3.63) is 46.2 Å². The second kappa shape index (κ2) is 8.73. The fourth-order valence-corrected chi connectivity index (χ4v) is 4.85. The zero-order chi connectivity index (χ0) is 21.9. The second-order valence-corrected chi connectivity index (χ2v) is 10.4. The molecule has 0 radical (unpaired) electrons.